The third kappa shape index (κ3) is 5.26. The molecule has 3 aromatic rings. The minimum atomic E-state index is -3.51. The SMILES string of the molecule is Cc1cccc(SOP(=O)(OSc2cccc(C)c2)c2ccccc2)c1. The minimum absolute atomic E-state index is 0.528. The first-order valence-electron chi connectivity index (χ1n) is 8.07. The zero-order valence-corrected chi connectivity index (χ0v) is 17.0. The summed E-state index contributed by atoms with van der Waals surface area (Å²) in [6, 6.07) is 24.7. The molecular weight excluding hydrogens is 383 g/mol. The van der Waals surface area contributed by atoms with Crippen molar-refractivity contribution in [3.05, 3.63) is 90.0 Å². The van der Waals surface area contributed by atoms with Gasteiger partial charge in [-0.3, -0.25) is 4.57 Å². The lowest BCUT2D eigenvalue weighted by molar-refractivity contribution is 0.446. The van der Waals surface area contributed by atoms with E-state index < -0.39 is 7.60 Å². The van der Waals surface area contributed by atoms with Crippen LogP contribution in [-0.4, -0.2) is 0 Å². The summed E-state index contributed by atoms with van der Waals surface area (Å²) in [4.78, 5) is 1.76. The second-order valence-corrected chi connectivity index (χ2v) is 9.76. The quantitative estimate of drug-likeness (QED) is 0.330. The average Bonchev–Trinajstić information content (AvgIpc) is 2.66. The van der Waals surface area contributed by atoms with Gasteiger partial charge in [0.2, 0.25) is 0 Å². The molecule has 0 aliphatic heterocycles. The molecule has 6 heteroatoms. The van der Waals surface area contributed by atoms with Crippen molar-refractivity contribution in [2.45, 2.75) is 23.6 Å². The monoisotopic (exact) mass is 402 g/mol. The van der Waals surface area contributed by atoms with Crippen LogP contribution in [0, 0.1) is 13.8 Å². The Bertz CT molecular complexity index is 862. The van der Waals surface area contributed by atoms with E-state index in [2.05, 4.69) is 0 Å². The van der Waals surface area contributed by atoms with Gasteiger partial charge in [0.15, 0.2) is 0 Å². The second-order valence-electron chi connectivity index (χ2n) is 5.78. The topological polar surface area (TPSA) is 35.5 Å². The van der Waals surface area contributed by atoms with Crippen LogP contribution in [0.15, 0.2) is 88.7 Å². The molecule has 0 unspecified atom stereocenters. The van der Waals surface area contributed by atoms with Crippen molar-refractivity contribution in [2.24, 2.45) is 0 Å². The highest BCUT2D eigenvalue weighted by molar-refractivity contribution is 8.02. The Balaban J connectivity index is 1.79. The molecule has 26 heavy (non-hydrogen) atoms. The van der Waals surface area contributed by atoms with Crippen LogP contribution in [0.4, 0.5) is 0 Å². The van der Waals surface area contributed by atoms with Gasteiger partial charge in [-0.15, -0.1) is 0 Å². The first-order chi connectivity index (χ1) is 12.5. The van der Waals surface area contributed by atoms with Crippen molar-refractivity contribution in [2.75, 3.05) is 0 Å². The Morgan fingerprint density at radius 3 is 1.65 bits per heavy atom. The van der Waals surface area contributed by atoms with E-state index in [1.54, 1.807) is 12.1 Å². The predicted octanol–water partition coefficient (Wildman–Crippen LogP) is 6.57. The first kappa shape index (κ1) is 19.3. The highest BCUT2D eigenvalue weighted by atomic mass is 32.2. The molecule has 0 N–H and O–H groups in total. The lowest BCUT2D eigenvalue weighted by Crippen LogP contribution is -2.05. The largest absolute Gasteiger partial charge is 0.384 e. The van der Waals surface area contributed by atoms with Gasteiger partial charge >= 0.3 is 7.60 Å². The van der Waals surface area contributed by atoms with Crippen molar-refractivity contribution in [3.8, 4) is 0 Å². The molecule has 3 nitrogen and oxygen atoms in total. The molecule has 0 atom stereocenters. The molecule has 0 spiro atoms. The third-order valence-corrected chi connectivity index (χ3v) is 7.50. The summed E-state index contributed by atoms with van der Waals surface area (Å²) in [7, 11) is -3.51. The fourth-order valence-electron chi connectivity index (χ4n) is 2.23. The number of aryl methyl sites for hydroxylation is 2. The highest BCUT2D eigenvalue weighted by Gasteiger charge is 2.30. The third-order valence-electron chi connectivity index (χ3n) is 3.51. The standard InChI is InChI=1S/C20H19O3PS2/c1-16-8-6-12-19(14-16)25-22-24(21,18-10-4-3-5-11-18)23-26-20-13-7-9-17(2)15-20/h3-15H,1-2H3. The van der Waals surface area contributed by atoms with E-state index in [1.165, 1.54) is 0 Å². The van der Waals surface area contributed by atoms with Gasteiger partial charge in [0.1, 0.15) is 0 Å². The van der Waals surface area contributed by atoms with Crippen molar-refractivity contribution in [3.63, 3.8) is 0 Å². The summed E-state index contributed by atoms with van der Waals surface area (Å²) in [5.74, 6) is 0. The predicted molar refractivity (Wildman–Crippen MR) is 110 cm³/mol. The molecule has 134 valence electrons. The van der Waals surface area contributed by atoms with Gasteiger partial charge in [0.25, 0.3) is 0 Å². The summed E-state index contributed by atoms with van der Waals surface area (Å²) in [6.45, 7) is 4.01. The average molecular weight is 402 g/mol. The van der Waals surface area contributed by atoms with Gasteiger partial charge in [-0.25, -0.2) is 7.94 Å². The smallest absolute Gasteiger partial charge is 0.252 e. The van der Waals surface area contributed by atoms with Crippen molar-refractivity contribution in [1.29, 1.82) is 0 Å². The van der Waals surface area contributed by atoms with E-state index in [0.717, 1.165) is 45.0 Å². The Morgan fingerprint density at radius 2 is 1.19 bits per heavy atom. The second kappa shape index (κ2) is 8.94. The van der Waals surface area contributed by atoms with E-state index >= 15 is 0 Å². The lowest BCUT2D eigenvalue weighted by Gasteiger charge is -2.17. The maximum atomic E-state index is 13.4. The van der Waals surface area contributed by atoms with E-state index in [9.17, 15) is 4.57 Å². The van der Waals surface area contributed by atoms with Gasteiger partial charge in [0, 0.05) is 33.9 Å². The molecule has 0 saturated carbocycles. The van der Waals surface area contributed by atoms with Crippen LogP contribution >= 0.6 is 31.7 Å². The molecule has 0 aromatic heterocycles. The summed E-state index contributed by atoms with van der Waals surface area (Å²) in [6.07, 6.45) is 0. The number of benzene rings is 3. The van der Waals surface area contributed by atoms with Crippen LogP contribution in [0.25, 0.3) is 0 Å². The molecule has 0 heterocycles. The van der Waals surface area contributed by atoms with Crippen LogP contribution in [0.5, 0.6) is 0 Å². The summed E-state index contributed by atoms with van der Waals surface area (Å²) in [5.41, 5.74) is 2.23. The summed E-state index contributed by atoms with van der Waals surface area (Å²) >= 11 is 2.15. The Morgan fingerprint density at radius 1 is 0.692 bits per heavy atom. The molecule has 0 aliphatic rings. The highest BCUT2D eigenvalue weighted by Crippen LogP contribution is 2.55. The fraction of sp³-hybridized carbons (Fsp3) is 0.100. The van der Waals surface area contributed by atoms with Crippen LogP contribution in [0.1, 0.15) is 11.1 Å². The molecule has 0 fully saturated rings. The summed E-state index contributed by atoms with van der Waals surface area (Å²) in [5, 5.41) is 0.528. The molecule has 0 bridgehead atoms. The maximum Gasteiger partial charge on any atom is 0.384 e. The molecule has 0 amide bonds. The van der Waals surface area contributed by atoms with Crippen molar-refractivity contribution < 1.29 is 12.5 Å². The van der Waals surface area contributed by atoms with Crippen molar-refractivity contribution >= 4 is 37.0 Å². The first-order valence-corrected chi connectivity index (χ1v) is 11.1. The number of hydrogen-bond donors (Lipinski definition) is 0. The summed E-state index contributed by atoms with van der Waals surface area (Å²) < 4.78 is 24.9. The van der Waals surface area contributed by atoms with Crippen LogP contribution in [-0.2, 0) is 12.5 Å². The van der Waals surface area contributed by atoms with Gasteiger partial charge in [-0.2, -0.15) is 0 Å². The number of hydrogen-bond acceptors (Lipinski definition) is 5. The molecule has 3 aromatic carbocycles. The molecule has 0 saturated heterocycles. The maximum absolute atomic E-state index is 13.4. The zero-order chi connectivity index (χ0) is 18.4. The van der Waals surface area contributed by atoms with Gasteiger partial charge in [-0.1, -0.05) is 42.5 Å². The minimum Gasteiger partial charge on any atom is -0.252 e. The molecule has 0 radical (unpaired) electrons. The van der Waals surface area contributed by atoms with Gasteiger partial charge < -0.3 is 0 Å². The van der Waals surface area contributed by atoms with E-state index in [4.69, 9.17) is 7.94 Å². The van der Waals surface area contributed by atoms with Crippen LogP contribution in [0.3, 0.4) is 0 Å². The Kier molecular flexibility index (Phi) is 6.63. The van der Waals surface area contributed by atoms with Crippen molar-refractivity contribution in [1.82, 2.24) is 0 Å². The Labute approximate surface area is 163 Å². The molecular formula is C20H19O3PS2. The zero-order valence-electron chi connectivity index (χ0n) is 14.5. The lowest BCUT2D eigenvalue weighted by atomic mass is 10.2. The van der Waals surface area contributed by atoms with E-state index in [0.29, 0.717) is 5.30 Å². The fourth-order valence-corrected chi connectivity index (χ4v) is 5.99. The normalized spacial score (nSPS) is 11.5. The molecule has 0 aliphatic carbocycles. The number of rotatable bonds is 7. The van der Waals surface area contributed by atoms with Crippen LogP contribution in [0.2, 0.25) is 0 Å². The Hall–Kier alpha value is -1.49. The van der Waals surface area contributed by atoms with E-state index in [-0.39, 0.29) is 0 Å². The molecule has 3 rings (SSSR count). The van der Waals surface area contributed by atoms with Gasteiger partial charge in [-0.05, 0) is 61.4 Å². The van der Waals surface area contributed by atoms with Crippen LogP contribution < -0.4 is 5.30 Å². The van der Waals surface area contributed by atoms with Gasteiger partial charge in [0.05, 0.1) is 5.30 Å². The van der Waals surface area contributed by atoms with E-state index in [1.807, 2.05) is 80.6 Å².